The predicted molar refractivity (Wildman–Crippen MR) is 99.3 cm³/mol. The lowest BCUT2D eigenvalue weighted by molar-refractivity contribution is 0.0167. The third-order valence-electron chi connectivity index (χ3n) is 4.40. The van der Waals surface area contributed by atoms with Gasteiger partial charge in [-0.1, -0.05) is 44.2 Å². The fourth-order valence-electron chi connectivity index (χ4n) is 3.24. The van der Waals surface area contributed by atoms with Crippen LogP contribution < -0.4 is 0 Å². The summed E-state index contributed by atoms with van der Waals surface area (Å²) in [4.78, 5) is 16.5. The first-order valence-electron chi connectivity index (χ1n) is 9.09. The van der Waals surface area contributed by atoms with Gasteiger partial charge in [0.15, 0.2) is 0 Å². The SMILES string of the molecule is CC(C)[C@@H]1CN(C(=O)OC(C)(C)C)C[C@@H](O)CN1Cc1ccccc1. The zero-order chi connectivity index (χ0) is 18.6. The third kappa shape index (κ3) is 6.01. The Bertz CT molecular complexity index is 554. The number of carbonyl (C=O) groups is 1. The van der Waals surface area contributed by atoms with Gasteiger partial charge in [0, 0.05) is 25.7 Å². The molecular weight excluding hydrogens is 316 g/mol. The summed E-state index contributed by atoms with van der Waals surface area (Å²) in [7, 11) is 0. The van der Waals surface area contributed by atoms with Crippen LogP contribution in [0.4, 0.5) is 4.79 Å². The van der Waals surface area contributed by atoms with Crippen LogP contribution in [0, 0.1) is 5.92 Å². The van der Waals surface area contributed by atoms with Gasteiger partial charge >= 0.3 is 6.09 Å². The van der Waals surface area contributed by atoms with E-state index < -0.39 is 11.7 Å². The Kier molecular flexibility index (Phi) is 6.47. The van der Waals surface area contributed by atoms with Crippen LogP contribution in [0.1, 0.15) is 40.2 Å². The second-order valence-electron chi connectivity index (χ2n) is 8.27. The molecule has 1 aromatic carbocycles. The van der Waals surface area contributed by atoms with E-state index in [1.807, 2.05) is 39.0 Å². The van der Waals surface area contributed by atoms with Crippen molar-refractivity contribution in [3.8, 4) is 0 Å². The van der Waals surface area contributed by atoms with Gasteiger partial charge in [0.25, 0.3) is 0 Å². The Hall–Kier alpha value is -1.59. The molecule has 0 saturated carbocycles. The van der Waals surface area contributed by atoms with E-state index in [4.69, 9.17) is 4.74 Å². The fraction of sp³-hybridized carbons (Fsp3) is 0.650. The lowest BCUT2D eigenvalue weighted by atomic mass is 10.0. The number of β-amino-alcohol motifs (C(OH)–C–C–N with tert-alkyl or cyclic N) is 1. The Morgan fingerprint density at radius 2 is 1.84 bits per heavy atom. The number of benzene rings is 1. The maximum atomic E-state index is 12.5. The molecule has 25 heavy (non-hydrogen) atoms. The van der Waals surface area contributed by atoms with Crippen molar-refractivity contribution in [1.82, 2.24) is 9.80 Å². The van der Waals surface area contributed by atoms with Gasteiger partial charge in [-0.3, -0.25) is 4.90 Å². The molecule has 1 saturated heterocycles. The number of nitrogens with zero attached hydrogens (tertiary/aromatic N) is 2. The number of aliphatic hydroxyl groups excluding tert-OH is 1. The lowest BCUT2D eigenvalue weighted by Gasteiger charge is -2.35. The molecule has 2 rings (SSSR count). The Balaban J connectivity index is 2.16. The summed E-state index contributed by atoms with van der Waals surface area (Å²) < 4.78 is 5.52. The molecule has 0 unspecified atom stereocenters. The van der Waals surface area contributed by atoms with Crippen molar-refractivity contribution in [3.63, 3.8) is 0 Å². The molecule has 2 atom stereocenters. The van der Waals surface area contributed by atoms with Gasteiger partial charge in [-0.05, 0) is 32.3 Å². The standard InChI is InChI=1S/C20H32N2O3/c1-15(2)18-14-22(19(24)25-20(3,4)5)13-17(23)12-21(18)11-16-9-7-6-8-10-16/h6-10,15,17-18,23H,11-14H2,1-5H3/t17-,18-/m0/s1. The topological polar surface area (TPSA) is 53.0 Å². The molecule has 0 aromatic heterocycles. The number of amides is 1. The van der Waals surface area contributed by atoms with Crippen LogP contribution in [0.5, 0.6) is 0 Å². The van der Waals surface area contributed by atoms with E-state index in [9.17, 15) is 9.90 Å². The predicted octanol–water partition coefficient (Wildman–Crippen LogP) is 3.12. The lowest BCUT2D eigenvalue weighted by Crippen LogP contribution is -2.46. The van der Waals surface area contributed by atoms with Crippen LogP contribution in [0.15, 0.2) is 30.3 Å². The van der Waals surface area contributed by atoms with Crippen LogP contribution in [-0.2, 0) is 11.3 Å². The summed E-state index contributed by atoms with van der Waals surface area (Å²) in [6.07, 6.45) is -0.932. The number of carbonyl (C=O) groups excluding carboxylic acids is 1. The Morgan fingerprint density at radius 1 is 1.20 bits per heavy atom. The van der Waals surface area contributed by atoms with E-state index in [0.717, 1.165) is 6.54 Å². The molecule has 140 valence electrons. The molecule has 0 radical (unpaired) electrons. The molecule has 1 aromatic rings. The normalized spacial score (nSPS) is 22.8. The molecule has 1 heterocycles. The van der Waals surface area contributed by atoms with E-state index in [-0.39, 0.29) is 12.1 Å². The van der Waals surface area contributed by atoms with Crippen molar-refractivity contribution in [3.05, 3.63) is 35.9 Å². The number of hydrogen-bond acceptors (Lipinski definition) is 4. The van der Waals surface area contributed by atoms with E-state index in [1.54, 1.807) is 4.90 Å². The average molecular weight is 348 g/mol. The second-order valence-corrected chi connectivity index (χ2v) is 8.27. The largest absolute Gasteiger partial charge is 0.444 e. The van der Waals surface area contributed by atoms with Crippen molar-refractivity contribution in [2.24, 2.45) is 5.92 Å². The van der Waals surface area contributed by atoms with Crippen molar-refractivity contribution in [1.29, 1.82) is 0 Å². The monoisotopic (exact) mass is 348 g/mol. The summed E-state index contributed by atoms with van der Waals surface area (Å²) in [6.45, 7) is 12.1. The number of aliphatic hydroxyl groups is 1. The molecule has 0 bridgehead atoms. The highest BCUT2D eigenvalue weighted by molar-refractivity contribution is 5.68. The third-order valence-corrected chi connectivity index (χ3v) is 4.40. The van der Waals surface area contributed by atoms with Gasteiger partial charge in [0.1, 0.15) is 5.60 Å². The molecular formula is C20H32N2O3. The van der Waals surface area contributed by atoms with Gasteiger partial charge in [-0.15, -0.1) is 0 Å². The molecule has 5 nitrogen and oxygen atoms in total. The number of hydrogen-bond donors (Lipinski definition) is 1. The van der Waals surface area contributed by atoms with Gasteiger partial charge < -0.3 is 14.7 Å². The second kappa shape index (κ2) is 8.19. The van der Waals surface area contributed by atoms with Crippen LogP contribution in [-0.4, -0.2) is 58.4 Å². The average Bonchev–Trinajstić information content (AvgIpc) is 2.65. The van der Waals surface area contributed by atoms with Crippen LogP contribution in [0.25, 0.3) is 0 Å². The van der Waals surface area contributed by atoms with E-state index in [1.165, 1.54) is 5.56 Å². The molecule has 1 fully saturated rings. The highest BCUT2D eigenvalue weighted by Gasteiger charge is 2.34. The van der Waals surface area contributed by atoms with Crippen molar-refractivity contribution < 1.29 is 14.6 Å². The van der Waals surface area contributed by atoms with E-state index in [2.05, 4.69) is 30.9 Å². The molecule has 1 amide bonds. The zero-order valence-corrected chi connectivity index (χ0v) is 16.1. The highest BCUT2D eigenvalue weighted by atomic mass is 16.6. The fourth-order valence-corrected chi connectivity index (χ4v) is 3.24. The van der Waals surface area contributed by atoms with Gasteiger partial charge in [0.2, 0.25) is 0 Å². The van der Waals surface area contributed by atoms with Crippen molar-refractivity contribution in [2.45, 2.75) is 58.9 Å². The molecule has 0 aliphatic carbocycles. The quantitative estimate of drug-likeness (QED) is 0.912. The summed E-state index contributed by atoms with van der Waals surface area (Å²) in [5, 5.41) is 10.5. The smallest absolute Gasteiger partial charge is 0.410 e. The first-order valence-corrected chi connectivity index (χ1v) is 9.09. The minimum atomic E-state index is -0.583. The van der Waals surface area contributed by atoms with Crippen LogP contribution >= 0.6 is 0 Å². The number of ether oxygens (including phenoxy) is 1. The minimum absolute atomic E-state index is 0.171. The molecule has 1 aliphatic heterocycles. The summed E-state index contributed by atoms with van der Waals surface area (Å²) in [5.41, 5.74) is 0.678. The molecule has 1 N–H and O–H groups in total. The highest BCUT2D eigenvalue weighted by Crippen LogP contribution is 2.21. The molecule has 5 heteroatoms. The summed E-state index contributed by atoms with van der Waals surface area (Å²) in [5.74, 6) is 0.360. The van der Waals surface area contributed by atoms with Gasteiger partial charge in [0.05, 0.1) is 12.6 Å². The van der Waals surface area contributed by atoms with Gasteiger partial charge in [-0.2, -0.15) is 0 Å². The first kappa shape index (κ1) is 19.7. The Morgan fingerprint density at radius 3 is 2.40 bits per heavy atom. The van der Waals surface area contributed by atoms with E-state index in [0.29, 0.717) is 25.6 Å². The maximum absolute atomic E-state index is 12.5. The minimum Gasteiger partial charge on any atom is -0.444 e. The Labute approximate surface area is 151 Å². The summed E-state index contributed by atoms with van der Waals surface area (Å²) >= 11 is 0. The van der Waals surface area contributed by atoms with Crippen molar-refractivity contribution in [2.75, 3.05) is 19.6 Å². The first-order chi connectivity index (χ1) is 11.7. The van der Waals surface area contributed by atoms with Crippen LogP contribution in [0.3, 0.4) is 0 Å². The van der Waals surface area contributed by atoms with Gasteiger partial charge in [-0.25, -0.2) is 4.79 Å². The van der Waals surface area contributed by atoms with Crippen molar-refractivity contribution >= 4 is 6.09 Å². The zero-order valence-electron chi connectivity index (χ0n) is 16.1. The maximum Gasteiger partial charge on any atom is 0.410 e. The summed E-state index contributed by atoms with van der Waals surface area (Å²) in [6, 6.07) is 10.4. The molecule has 1 aliphatic rings. The van der Waals surface area contributed by atoms with E-state index >= 15 is 0 Å². The molecule has 0 spiro atoms. The number of rotatable bonds is 3. The van der Waals surface area contributed by atoms with Crippen LogP contribution in [0.2, 0.25) is 0 Å².